The van der Waals surface area contributed by atoms with Gasteiger partial charge < -0.3 is 19.9 Å². The van der Waals surface area contributed by atoms with Crippen LogP contribution in [0.3, 0.4) is 0 Å². The summed E-state index contributed by atoms with van der Waals surface area (Å²) in [6, 6.07) is 10.3. The van der Waals surface area contributed by atoms with Gasteiger partial charge in [0.15, 0.2) is 11.5 Å². The van der Waals surface area contributed by atoms with Gasteiger partial charge in [-0.3, -0.25) is 0 Å². The first-order valence-corrected chi connectivity index (χ1v) is 6.93. The van der Waals surface area contributed by atoms with Crippen molar-refractivity contribution in [2.45, 2.75) is 12.4 Å². The fourth-order valence-corrected chi connectivity index (χ4v) is 2.32. The predicted molar refractivity (Wildman–Crippen MR) is 76.6 cm³/mol. The summed E-state index contributed by atoms with van der Waals surface area (Å²) in [4.78, 5) is 0. The summed E-state index contributed by atoms with van der Waals surface area (Å²) < 4.78 is 51.2. The maximum absolute atomic E-state index is 12.2. The predicted octanol–water partition coefficient (Wildman–Crippen LogP) is 3.40. The van der Waals surface area contributed by atoms with E-state index in [0.717, 1.165) is 5.56 Å². The summed E-state index contributed by atoms with van der Waals surface area (Å²) in [5.74, 6) is 0.984. The van der Waals surface area contributed by atoms with Gasteiger partial charge in [-0.15, -0.1) is 13.2 Å². The van der Waals surface area contributed by atoms with Crippen LogP contribution in [0.25, 0.3) is 0 Å². The molecule has 122 valence electrons. The zero-order valence-corrected chi connectivity index (χ0v) is 12.0. The second-order valence-electron chi connectivity index (χ2n) is 5.00. The smallest absolute Gasteiger partial charge is 0.486 e. The average molecular weight is 325 g/mol. The van der Waals surface area contributed by atoms with Gasteiger partial charge in [-0.05, 0) is 35.4 Å². The second kappa shape index (κ2) is 6.00. The van der Waals surface area contributed by atoms with Crippen molar-refractivity contribution in [3.05, 3.63) is 53.6 Å². The Morgan fingerprint density at radius 1 is 0.913 bits per heavy atom. The Morgan fingerprint density at radius 3 is 2.17 bits per heavy atom. The van der Waals surface area contributed by atoms with Crippen molar-refractivity contribution in [2.75, 3.05) is 13.2 Å². The summed E-state index contributed by atoms with van der Waals surface area (Å²) in [6.45, 7) is 0.967. The highest BCUT2D eigenvalue weighted by Crippen LogP contribution is 2.34. The van der Waals surface area contributed by atoms with E-state index in [2.05, 4.69) is 4.74 Å². The molecular formula is C16H14F3NO3. The maximum Gasteiger partial charge on any atom is 0.573 e. The molecule has 0 fully saturated rings. The van der Waals surface area contributed by atoms with Gasteiger partial charge in [-0.1, -0.05) is 18.2 Å². The van der Waals surface area contributed by atoms with Crippen LogP contribution < -0.4 is 19.9 Å². The number of alkyl halides is 3. The number of hydrogen-bond acceptors (Lipinski definition) is 4. The molecule has 0 aromatic heterocycles. The number of hydrogen-bond donors (Lipinski definition) is 1. The summed E-state index contributed by atoms with van der Waals surface area (Å²) >= 11 is 0. The quantitative estimate of drug-likeness (QED) is 0.940. The van der Waals surface area contributed by atoms with Crippen molar-refractivity contribution in [1.82, 2.24) is 0 Å². The molecule has 0 unspecified atom stereocenters. The molecule has 0 saturated heterocycles. The van der Waals surface area contributed by atoms with Crippen molar-refractivity contribution in [2.24, 2.45) is 5.73 Å². The molecule has 1 aliphatic rings. The molecule has 0 aliphatic carbocycles. The minimum Gasteiger partial charge on any atom is -0.486 e. The van der Waals surface area contributed by atoms with E-state index in [4.69, 9.17) is 15.2 Å². The molecule has 2 aromatic carbocycles. The molecule has 1 heterocycles. The van der Waals surface area contributed by atoms with Gasteiger partial charge in [-0.2, -0.15) is 0 Å². The molecule has 3 rings (SSSR count). The Labute approximate surface area is 130 Å². The lowest BCUT2D eigenvalue weighted by atomic mass is 9.99. The molecule has 4 nitrogen and oxygen atoms in total. The van der Waals surface area contributed by atoms with Crippen LogP contribution in [-0.4, -0.2) is 19.6 Å². The molecule has 0 bridgehead atoms. The van der Waals surface area contributed by atoms with Gasteiger partial charge in [0, 0.05) is 0 Å². The van der Waals surface area contributed by atoms with E-state index in [0.29, 0.717) is 30.3 Å². The number of rotatable bonds is 3. The highest BCUT2D eigenvalue weighted by Gasteiger charge is 2.31. The third kappa shape index (κ3) is 3.68. The Kier molecular flexibility index (Phi) is 4.04. The van der Waals surface area contributed by atoms with Gasteiger partial charge in [0.25, 0.3) is 0 Å². The maximum atomic E-state index is 12.2. The Balaban J connectivity index is 1.78. The van der Waals surface area contributed by atoms with Crippen LogP contribution in [0.2, 0.25) is 0 Å². The lowest BCUT2D eigenvalue weighted by Crippen LogP contribution is -2.18. The lowest BCUT2D eigenvalue weighted by Gasteiger charge is -2.21. The molecular weight excluding hydrogens is 311 g/mol. The first-order chi connectivity index (χ1) is 10.9. The SMILES string of the molecule is N[C@@H](c1ccc(OC(F)(F)F)cc1)c1ccc2c(c1)OCCO2. The van der Waals surface area contributed by atoms with E-state index in [9.17, 15) is 13.2 Å². The molecule has 2 aromatic rings. The topological polar surface area (TPSA) is 53.7 Å². The van der Waals surface area contributed by atoms with Crippen molar-refractivity contribution in [3.63, 3.8) is 0 Å². The molecule has 0 radical (unpaired) electrons. The monoisotopic (exact) mass is 325 g/mol. The minimum absolute atomic E-state index is 0.282. The third-order valence-corrected chi connectivity index (χ3v) is 3.40. The van der Waals surface area contributed by atoms with Crippen LogP contribution in [0.4, 0.5) is 13.2 Å². The highest BCUT2D eigenvalue weighted by atomic mass is 19.4. The number of benzene rings is 2. The van der Waals surface area contributed by atoms with E-state index in [1.54, 1.807) is 18.2 Å². The fraction of sp³-hybridized carbons (Fsp3) is 0.250. The Hall–Kier alpha value is -2.41. The van der Waals surface area contributed by atoms with Gasteiger partial charge in [0.05, 0.1) is 6.04 Å². The zero-order valence-electron chi connectivity index (χ0n) is 12.0. The van der Waals surface area contributed by atoms with E-state index in [1.807, 2.05) is 0 Å². The lowest BCUT2D eigenvalue weighted by molar-refractivity contribution is -0.274. The van der Waals surface area contributed by atoms with Gasteiger partial charge in [0.1, 0.15) is 19.0 Å². The van der Waals surface area contributed by atoms with Gasteiger partial charge in [-0.25, -0.2) is 0 Å². The van der Waals surface area contributed by atoms with Crippen molar-refractivity contribution in [3.8, 4) is 17.2 Å². The standard InChI is InChI=1S/C16H14F3NO3/c17-16(18,19)23-12-4-1-10(2-5-12)15(20)11-3-6-13-14(9-11)22-8-7-21-13/h1-6,9,15H,7-8,20H2/t15-/m0/s1. The normalized spacial score (nSPS) is 15.1. The molecule has 7 heteroatoms. The molecule has 1 atom stereocenters. The fourth-order valence-electron chi connectivity index (χ4n) is 2.32. The zero-order chi connectivity index (χ0) is 16.4. The molecule has 0 saturated carbocycles. The van der Waals surface area contributed by atoms with Gasteiger partial charge in [0.2, 0.25) is 0 Å². The number of halogens is 3. The number of ether oxygens (including phenoxy) is 3. The molecule has 1 aliphatic heterocycles. The summed E-state index contributed by atoms with van der Waals surface area (Å²) in [7, 11) is 0. The largest absolute Gasteiger partial charge is 0.573 e. The number of nitrogens with two attached hydrogens (primary N) is 1. The van der Waals surface area contributed by atoms with Crippen LogP contribution in [0, 0.1) is 0 Å². The number of fused-ring (bicyclic) bond motifs is 1. The third-order valence-electron chi connectivity index (χ3n) is 3.40. The highest BCUT2D eigenvalue weighted by molar-refractivity contribution is 5.46. The molecule has 0 amide bonds. The van der Waals surface area contributed by atoms with E-state index in [-0.39, 0.29) is 5.75 Å². The Bertz CT molecular complexity index is 686. The van der Waals surface area contributed by atoms with Crippen LogP contribution >= 0.6 is 0 Å². The molecule has 2 N–H and O–H groups in total. The first-order valence-electron chi connectivity index (χ1n) is 6.93. The average Bonchev–Trinajstić information content (AvgIpc) is 2.53. The van der Waals surface area contributed by atoms with Crippen LogP contribution in [-0.2, 0) is 0 Å². The second-order valence-corrected chi connectivity index (χ2v) is 5.00. The summed E-state index contributed by atoms with van der Waals surface area (Å²) in [5, 5.41) is 0. The summed E-state index contributed by atoms with van der Waals surface area (Å²) in [5.41, 5.74) is 7.61. The first kappa shape index (κ1) is 15.5. The van der Waals surface area contributed by atoms with Crippen LogP contribution in [0.1, 0.15) is 17.2 Å². The van der Waals surface area contributed by atoms with Crippen molar-refractivity contribution in [1.29, 1.82) is 0 Å². The van der Waals surface area contributed by atoms with Gasteiger partial charge >= 0.3 is 6.36 Å². The molecule has 23 heavy (non-hydrogen) atoms. The van der Waals surface area contributed by atoms with Crippen LogP contribution in [0.5, 0.6) is 17.2 Å². The van der Waals surface area contributed by atoms with E-state index in [1.165, 1.54) is 24.3 Å². The van der Waals surface area contributed by atoms with Crippen LogP contribution in [0.15, 0.2) is 42.5 Å². The van der Waals surface area contributed by atoms with E-state index >= 15 is 0 Å². The summed E-state index contributed by atoms with van der Waals surface area (Å²) in [6.07, 6.45) is -4.71. The minimum atomic E-state index is -4.71. The van der Waals surface area contributed by atoms with Crippen molar-refractivity contribution >= 4 is 0 Å². The van der Waals surface area contributed by atoms with E-state index < -0.39 is 12.4 Å². The molecule has 0 spiro atoms. The Morgan fingerprint density at radius 2 is 1.52 bits per heavy atom. The van der Waals surface area contributed by atoms with Crippen molar-refractivity contribution < 1.29 is 27.4 Å².